The predicted molar refractivity (Wildman–Crippen MR) is 34.3 cm³/mol. The fraction of sp³-hybridized carbons (Fsp3) is 0.833. The molecular formula is C6H8F5NO. The van der Waals surface area contributed by atoms with Crippen LogP contribution in [-0.4, -0.2) is 25.1 Å². The molecule has 0 saturated carbocycles. The van der Waals surface area contributed by atoms with Crippen molar-refractivity contribution in [1.29, 1.82) is 0 Å². The third-order valence-corrected chi connectivity index (χ3v) is 1.08. The van der Waals surface area contributed by atoms with Crippen LogP contribution in [0.1, 0.15) is 12.8 Å². The van der Waals surface area contributed by atoms with Crippen LogP contribution in [0.3, 0.4) is 0 Å². The van der Waals surface area contributed by atoms with Gasteiger partial charge in [-0.15, -0.1) is 0 Å². The number of rotatable bonds is 4. The molecule has 7 heteroatoms. The lowest BCUT2D eigenvalue weighted by Crippen LogP contribution is -2.33. The Morgan fingerprint density at radius 2 is 1.85 bits per heavy atom. The lowest BCUT2D eigenvalue weighted by molar-refractivity contribution is -0.138. The van der Waals surface area contributed by atoms with Gasteiger partial charge in [-0.05, 0) is 0 Å². The first-order chi connectivity index (χ1) is 5.81. The summed E-state index contributed by atoms with van der Waals surface area (Å²) >= 11 is 0. The fourth-order valence-electron chi connectivity index (χ4n) is 0.527. The molecular weight excluding hydrogens is 197 g/mol. The Bertz CT molecular complexity index is 167. The minimum Gasteiger partial charge on any atom is -0.347 e. The molecule has 2 nitrogen and oxygen atoms in total. The van der Waals surface area contributed by atoms with Gasteiger partial charge in [-0.1, -0.05) is 0 Å². The summed E-state index contributed by atoms with van der Waals surface area (Å²) < 4.78 is 57.3. The lowest BCUT2D eigenvalue weighted by atomic mass is 10.3. The van der Waals surface area contributed by atoms with E-state index in [1.54, 1.807) is 0 Å². The van der Waals surface area contributed by atoms with Gasteiger partial charge in [0.05, 0.1) is 0 Å². The molecule has 0 aliphatic carbocycles. The first-order valence-corrected chi connectivity index (χ1v) is 3.43. The smallest absolute Gasteiger partial charge is 0.347 e. The van der Waals surface area contributed by atoms with Crippen LogP contribution < -0.4 is 5.32 Å². The number of carbonyl (C=O) groups is 1. The second-order valence-corrected chi connectivity index (χ2v) is 2.32. The zero-order valence-corrected chi connectivity index (χ0v) is 6.50. The van der Waals surface area contributed by atoms with E-state index in [1.165, 1.54) is 5.32 Å². The van der Waals surface area contributed by atoms with Gasteiger partial charge in [0.15, 0.2) is 0 Å². The van der Waals surface area contributed by atoms with Crippen LogP contribution in [0.4, 0.5) is 22.0 Å². The molecule has 0 atom stereocenters. The van der Waals surface area contributed by atoms with Gasteiger partial charge in [0, 0.05) is 12.8 Å². The summed E-state index contributed by atoms with van der Waals surface area (Å²) in [4.78, 5) is 10.4. The molecule has 0 aliphatic heterocycles. The minimum atomic E-state index is -4.50. The molecule has 0 fully saturated rings. The Hall–Kier alpha value is -0.880. The molecule has 13 heavy (non-hydrogen) atoms. The highest BCUT2D eigenvalue weighted by atomic mass is 19.4. The highest BCUT2D eigenvalue weighted by molar-refractivity contribution is 5.75. The van der Waals surface area contributed by atoms with Crippen LogP contribution in [0.25, 0.3) is 0 Å². The average molecular weight is 205 g/mol. The standard InChI is InChI=1S/C6H8F5NO/c7-4(8)1-2-5(13)12-3-6(9,10)11/h4H,1-3H2,(H,12,13). The van der Waals surface area contributed by atoms with Crippen molar-refractivity contribution in [3.63, 3.8) is 0 Å². The van der Waals surface area contributed by atoms with Crippen LogP contribution in [0, 0.1) is 0 Å². The molecule has 1 N–H and O–H groups in total. The summed E-state index contributed by atoms with van der Waals surface area (Å²) in [7, 11) is 0. The molecule has 0 spiro atoms. The zero-order valence-electron chi connectivity index (χ0n) is 6.50. The molecule has 0 heterocycles. The van der Waals surface area contributed by atoms with Crippen LogP contribution in [-0.2, 0) is 4.79 Å². The van der Waals surface area contributed by atoms with E-state index < -0.39 is 37.9 Å². The summed E-state index contributed by atoms with van der Waals surface area (Å²) in [5, 5.41) is 1.48. The van der Waals surface area contributed by atoms with E-state index in [1.807, 2.05) is 0 Å². The second-order valence-electron chi connectivity index (χ2n) is 2.32. The van der Waals surface area contributed by atoms with Crippen LogP contribution >= 0.6 is 0 Å². The topological polar surface area (TPSA) is 29.1 Å². The highest BCUT2D eigenvalue weighted by Crippen LogP contribution is 2.12. The number of nitrogens with one attached hydrogen (secondary N) is 1. The Kier molecular flexibility index (Phi) is 4.64. The van der Waals surface area contributed by atoms with Crippen molar-refractivity contribution in [2.75, 3.05) is 6.54 Å². The van der Waals surface area contributed by atoms with Crippen molar-refractivity contribution >= 4 is 5.91 Å². The van der Waals surface area contributed by atoms with E-state index in [9.17, 15) is 26.7 Å². The second kappa shape index (κ2) is 4.98. The Labute approximate surface area is 71.1 Å². The first-order valence-electron chi connectivity index (χ1n) is 3.43. The molecule has 0 aliphatic rings. The maximum absolute atomic E-state index is 11.5. The van der Waals surface area contributed by atoms with E-state index >= 15 is 0 Å². The Morgan fingerprint density at radius 1 is 1.31 bits per heavy atom. The number of halogens is 5. The number of alkyl halides is 5. The van der Waals surface area contributed by atoms with Gasteiger partial charge in [-0.3, -0.25) is 4.79 Å². The summed E-state index contributed by atoms with van der Waals surface area (Å²) in [5.74, 6) is -1.02. The van der Waals surface area contributed by atoms with Crippen LogP contribution in [0.5, 0.6) is 0 Å². The van der Waals surface area contributed by atoms with Gasteiger partial charge in [0.25, 0.3) is 0 Å². The first kappa shape index (κ1) is 12.1. The molecule has 0 rings (SSSR count). The van der Waals surface area contributed by atoms with Gasteiger partial charge >= 0.3 is 6.18 Å². The quantitative estimate of drug-likeness (QED) is 0.695. The predicted octanol–water partition coefficient (Wildman–Crippen LogP) is 1.71. The zero-order chi connectivity index (χ0) is 10.5. The molecule has 0 aromatic carbocycles. The molecule has 0 saturated heterocycles. The minimum absolute atomic E-state index is 0.590. The molecule has 0 unspecified atom stereocenters. The lowest BCUT2D eigenvalue weighted by Gasteiger charge is -2.07. The van der Waals surface area contributed by atoms with E-state index in [0.29, 0.717) is 0 Å². The monoisotopic (exact) mass is 205 g/mol. The average Bonchev–Trinajstić information content (AvgIpc) is 1.95. The van der Waals surface area contributed by atoms with Crippen molar-refractivity contribution in [1.82, 2.24) is 5.32 Å². The summed E-state index contributed by atoms with van der Waals surface area (Å²) in [6, 6.07) is 0. The largest absolute Gasteiger partial charge is 0.405 e. The van der Waals surface area contributed by atoms with Crippen molar-refractivity contribution in [3.8, 4) is 0 Å². The third kappa shape index (κ3) is 9.03. The molecule has 0 bridgehead atoms. The van der Waals surface area contributed by atoms with Gasteiger partial charge in [0.1, 0.15) is 6.54 Å². The Balaban J connectivity index is 3.53. The normalized spacial score (nSPS) is 11.8. The maximum atomic E-state index is 11.5. The fourth-order valence-corrected chi connectivity index (χ4v) is 0.527. The molecule has 0 aromatic heterocycles. The Morgan fingerprint density at radius 3 is 2.23 bits per heavy atom. The van der Waals surface area contributed by atoms with Crippen molar-refractivity contribution < 1.29 is 26.7 Å². The summed E-state index contributed by atoms with van der Waals surface area (Å²) in [5.41, 5.74) is 0. The van der Waals surface area contributed by atoms with Gasteiger partial charge < -0.3 is 5.32 Å². The number of hydrogen-bond donors (Lipinski definition) is 1. The van der Waals surface area contributed by atoms with E-state index in [-0.39, 0.29) is 0 Å². The van der Waals surface area contributed by atoms with Crippen molar-refractivity contribution in [2.24, 2.45) is 0 Å². The maximum Gasteiger partial charge on any atom is 0.405 e. The van der Waals surface area contributed by atoms with E-state index in [2.05, 4.69) is 0 Å². The number of carbonyl (C=O) groups excluding carboxylic acids is 1. The molecule has 1 amide bonds. The van der Waals surface area contributed by atoms with Gasteiger partial charge in [-0.25, -0.2) is 8.78 Å². The molecule has 78 valence electrons. The van der Waals surface area contributed by atoms with Crippen LogP contribution in [0.2, 0.25) is 0 Å². The van der Waals surface area contributed by atoms with Crippen molar-refractivity contribution in [3.05, 3.63) is 0 Å². The summed E-state index contributed by atoms with van der Waals surface area (Å²) in [6.45, 7) is -1.48. The third-order valence-electron chi connectivity index (χ3n) is 1.08. The molecule has 0 aromatic rings. The number of hydrogen-bond acceptors (Lipinski definition) is 1. The van der Waals surface area contributed by atoms with Gasteiger partial charge in [0.2, 0.25) is 12.3 Å². The SMILES string of the molecule is O=C(CCC(F)F)NCC(F)(F)F. The summed E-state index contributed by atoms with van der Waals surface area (Å²) in [6.07, 6.45) is -8.48. The van der Waals surface area contributed by atoms with E-state index in [0.717, 1.165) is 0 Å². The van der Waals surface area contributed by atoms with Gasteiger partial charge in [-0.2, -0.15) is 13.2 Å². The highest BCUT2D eigenvalue weighted by Gasteiger charge is 2.27. The van der Waals surface area contributed by atoms with E-state index in [4.69, 9.17) is 0 Å². The van der Waals surface area contributed by atoms with Crippen molar-refractivity contribution in [2.45, 2.75) is 25.4 Å². The van der Waals surface area contributed by atoms with Crippen LogP contribution in [0.15, 0.2) is 0 Å². The number of amides is 1. The molecule has 0 radical (unpaired) electrons.